The number of nitrogens with one attached hydrogen (secondary N) is 2. The Morgan fingerprint density at radius 2 is 2.10 bits per heavy atom. The van der Waals surface area contributed by atoms with E-state index in [0.29, 0.717) is 6.04 Å². The molecule has 1 atom stereocenters. The summed E-state index contributed by atoms with van der Waals surface area (Å²) in [4.78, 5) is 9.04. The molecule has 0 bridgehead atoms. The molecule has 3 rings (SSSR count). The fraction of sp³-hybridized carbons (Fsp3) is 0.643. The number of hydrogen-bond acceptors (Lipinski definition) is 5. The monoisotopic (exact) mass is 291 g/mol. The fourth-order valence-corrected chi connectivity index (χ4v) is 3.35. The molecule has 1 aliphatic carbocycles. The molecule has 20 heavy (non-hydrogen) atoms. The van der Waals surface area contributed by atoms with Crippen LogP contribution in [0.25, 0.3) is 11.0 Å². The number of rotatable bonds is 4. The maximum Gasteiger partial charge on any atom is 0.191 e. The van der Waals surface area contributed by atoms with Crippen molar-refractivity contribution in [1.29, 1.82) is 0 Å². The molecule has 1 saturated carbocycles. The van der Waals surface area contributed by atoms with Gasteiger partial charge in [-0.25, -0.2) is 9.97 Å². The number of nitrogens with zero attached hydrogens (tertiary/aromatic N) is 3. The van der Waals surface area contributed by atoms with Crippen LogP contribution in [0.1, 0.15) is 39.0 Å². The van der Waals surface area contributed by atoms with Gasteiger partial charge in [0.1, 0.15) is 5.82 Å². The zero-order chi connectivity index (χ0) is 13.9. The van der Waals surface area contributed by atoms with Gasteiger partial charge in [0.15, 0.2) is 10.8 Å². The Hall–Kier alpha value is -1.30. The van der Waals surface area contributed by atoms with Crippen molar-refractivity contribution in [3.05, 3.63) is 6.20 Å². The Balaban J connectivity index is 1.83. The molecule has 1 unspecified atom stereocenters. The lowest BCUT2D eigenvalue weighted by Crippen LogP contribution is -2.28. The first kappa shape index (κ1) is 13.7. The van der Waals surface area contributed by atoms with Gasteiger partial charge < -0.3 is 5.32 Å². The maximum absolute atomic E-state index is 4.61. The smallest absolute Gasteiger partial charge is 0.191 e. The van der Waals surface area contributed by atoms with Gasteiger partial charge >= 0.3 is 0 Å². The van der Waals surface area contributed by atoms with Gasteiger partial charge in [-0.3, -0.25) is 5.10 Å². The minimum atomic E-state index is 0.443. The molecule has 0 spiro atoms. The third-order valence-corrected chi connectivity index (χ3v) is 4.74. The normalized spacial score (nSPS) is 18.3. The van der Waals surface area contributed by atoms with Crippen LogP contribution in [0.15, 0.2) is 11.4 Å². The van der Waals surface area contributed by atoms with Gasteiger partial charge in [0.05, 0.1) is 11.6 Å². The second kappa shape index (κ2) is 5.99. The number of aromatic nitrogens is 4. The highest BCUT2D eigenvalue weighted by molar-refractivity contribution is 7.98. The van der Waals surface area contributed by atoms with E-state index in [1.807, 2.05) is 6.26 Å². The molecule has 108 valence electrons. The average molecular weight is 291 g/mol. The minimum Gasteiger partial charge on any atom is -0.367 e. The molecular formula is C14H21N5S. The van der Waals surface area contributed by atoms with Gasteiger partial charge in [-0.1, -0.05) is 31.0 Å². The SMILES string of the molecule is CSc1nc(NC(C)C2CCCCC2)c2cn[nH]c2n1. The van der Waals surface area contributed by atoms with E-state index in [0.717, 1.165) is 27.9 Å². The summed E-state index contributed by atoms with van der Waals surface area (Å²) in [6.45, 7) is 2.27. The predicted octanol–water partition coefficient (Wildman–Crippen LogP) is 3.46. The van der Waals surface area contributed by atoms with E-state index in [1.165, 1.54) is 32.1 Å². The van der Waals surface area contributed by atoms with Crippen LogP contribution in [0.2, 0.25) is 0 Å². The molecule has 6 heteroatoms. The highest BCUT2D eigenvalue weighted by Gasteiger charge is 2.21. The third-order valence-electron chi connectivity index (χ3n) is 4.19. The third kappa shape index (κ3) is 2.75. The van der Waals surface area contributed by atoms with E-state index >= 15 is 0 Å². The fourth-order valence-electron chi connectivity index (χ4n) is 2.98. The second-order valence-corrected chi connectivity index (χ2v) is 6.30. The Labute approximate surface area is 123 Å². The van der Waals surface area contributed by atoms with Crippen molar-refractivity contribution in [2.24, 2.45) is 5.92 Å². The molecular weight excluding hydrogens is 270 g/mol. The van der Waals surface area contributed by atoms with E-state index in [1.54, 1.807) is 18.0 Å². The highest BCUT2D eigenvalue weighted by Crippen LogP contribution is 2.29. The van der Waals surface area contributed by atoms with Crippen molar-refractivity contribution in [2.75, 3.05) is 11.6 Å². The van der Waals surface area contributed by atoms with Crippen molar-refractivity contribution in [3.63, 3.8) is 0 Å². The van der Waals surface area contributed by atoms with Crippen LogP contribution in [-0.2, 0) is 0 Å². The van der Waals surface area contributed by atoms with Crippen LogP contribution in [-0.4, -0.2) is 32.5 Å². The van der Waals surface area contributed by atoms with Crippen molar-refractivity contribution in [3.8, 4) is 0 Å². The molecule has 0 aromatic carbocycles. The summed E-state index contributed by atoms with van der Waals surface area (Å²) in [7, 11) is 0. The quantitative estimate of drug-likeness (QED) is 0.667. The first-order valence-electron chi connectivity index (χ1n) is 7.29. The van der Waals surface area contributed by atoms with E-state index in [2.05, 4.69) is 32.4 Å². The summed E-state index contributed by atoms with van der Waals surface area (Å²) >= 11 is 1.55. The summed E-state index contributed by atoms with van der Waals surface area (Å²) in [6.07, 6.45) is 10.5. The summed E-state index contributed by atoms with van der Waals surface area (Å²) in [5.74, 6) is 1.66. The van der Waals surface area contributed by atoms with Crippen LogP contribution >= 0.6 is 11.8 Å². The van der Waals surface area contributed by atoms with Crippen LogP contribution in [0.3, 0.4) is 0 Å². The number of anilines is 1. The molecule has 1 aliphatic rings. The summed E-state index contributed by atoms with van der Waals surface area (Å²) in [6, 6.07) is 0.443. The standard InChI is InChI=1S/C14H21N5S/c1-9(10-6-4-3-5-7-10)16-12-11-8-15-19-13(11)18-14(17-12)20-2/h8-10H,3-7H2,1-2H3,(H2,15,16,17,18,19). The van der Waals surface area contributed by atoms with Crippen molar-refractivity contribution in [2.45, 2.75) is 50.2 Å². The van der Waals surface area contributed by atoms with Crippen LogP contribution < -0.4 is 5.32 Å². The molecule has 0 saturated heterocycles. The van der Waals surface area contributed by atoms with E-state index in [9.17, 15) is 0 Å². The maximum atomic E-state index is 4.61. The van der Waals surface area contributed by atoms with Crippen molar-refractivity contribution >= 4 is 28.6 Å². The van der Waals surface area contributed by atoms with Gasteiger partial charge in [0.25, 0.3) is 0 Å². The summed E-state index contributed by atoms with van der Waals surface area (Å²) in [5, 5.41) is 12.4. The lowest BCUT2D eigenvalue weighted by Gasteiger charge is -2.28. The number of fused-ring (bicyclic) bond motifs is 1. The van der Waals surface area contributed by atoms with Gasteiger partial charge in [-0.2, -0.15) is 5.10 Å². The van der Waals surface area contributed by atoms with E-state index in [4.69, 9.17) is 0 Å². The van der Waals surface area contributed by atoms with Gasteiger partial charge in [-0.15, -0.1) is 0 Å². The Morgan fingerprint density at radius 1 is 1.30 bits per heavy atom. The zero-order valence-electron chi connectivity index (χ0n) is 12.0. The molecule has 0 amide bonds. The van der Waals surface area contributed by atoms with E-state index < -0.39 is 0 Å². The molecule has 1 fully saturated rings. The summed E-state index contributed by atoms with van der Waals surface area (Å²) < 4.78 is 0. The molecule has 2 N–H and O–H groups in total. The highest BCUT2D eigenvalue weighted by atomic mass is 32.2. The average Bonchev–Trinajstić information content (AvgIpc) is 2.96. The number of thioether (sulfide) groups is 1. The van der Waals surface area contributed by atoms with Gasteiger partial charge in [-0.05, 0) is 31.9 Å². The van der Waals surface area contributed by atoms with Gasteiger partial charge in [0.2, 0.25) is 0 Å². The molecule has 0 aliphatic heterocycles. The van der Waals surface area contributed by atoms with Crippen molar-refractivity contribution < 1.29 is 0 Å². The minimum absolute atomic E-state index is 0.443. The largest absolute Gasteiger partial charge is 0.367 e. The first-order valence-corrected chi connectivity index (χ1v) is 8.52. The lowest BCUT2D eigenvalue weighted by atomic mass is 9.84. The number of H-pyrrole nitrogens is 1. The van der Waals surface area contributed by atoms with Crippen LogP contribution in [0.5, 0.6) is 0 Å². The molecule has 2 heterocycles. The predicted molar refractivity (Wildman–Crippen MR) is 83.1 cm³/mol. The Kier molecular flexibility index (Phi) is 4.10. The second-order valence-electron chi connectivity index (χ2n) is 5.52. The van der Waals surface area contributed by atoms with Gasteiger partial charge in [0, 0.05) is 6.04 Å². The van der Waals surface area contributed by atoms with E-state index in [-0.39, 0.29) is 0 Å². The first-order chi connectivity index (χ1) is 9.78. The Bertz CT molecular complexity index is 576. The zero-order valence-corrected chi connectivity index (χ0v) is 12.8. The number of hydrogen-bond donors (Lipinski definition) is 2. The molecule has 5 nitrogen and oxygen atoms in total. The van der Waals surface area contributed by atoms with Crippen LogP contribution in [0.4, 0.5) is 5.82 Å². The topological polar surface area (TPSA) is 66.5 Å². The molecule has 2 aromatic rings. The molecule has 2 aromatic heterocycles. The number of aromatic amines is 1. The molecule has 0 radical (unpaired) electrons. The lowest BCUT2D eigenvalue weighted by molar-refractivity contribution is 0.328. The Morgan fingerprint density at radius 3 is 2.85 bits per heavy atom. The van der Waals surface area contributed by atoms with Crippen molar-refractivity contribution in [1.82, 2.24) is 20.2 Å². The van der Waals surface area contributed by atoms with Crippen LogP contribution in [0, 0.1) is 5.92 Å². The summed E-state index contributed by atoms with van der Waals surface area (Å²) in [5.41, 5.74) is 0.808.